The highest BCUT2D eigenvalue weighted by atomic mass is 16.5. The van der Waals surface area contributed by atoms with E-state index in [0.29, 0.717) is 44.3 Å². The fraction of sp³-hybridized carbons (Fsp3) is 0.600. The lowest BCUT2D eigenvalue weighted by Crippen LogP contribution is -2.34. The molecule has 3 rings (SSSR count). The van der Waals surface area contributed by atoms with Crippen LogP contribution in [0.25, 0.3) is 0 Å². The molecule has 2 aliphatic rings. The molecule has 1 aromatic rings. The second kappa shape index (κ2) is 8.92. The van der Waals surface area contributed by atoms with Gasteiger partial charge in [-0.3, -0.25) is 4.79 Å². The van der Waals surface area contributed by atoms with Crippen LogP contribution in [0.3, 0.4) is 0 Å². The van der Waals surface area contributed by atoms with Crippen LogP contribution in [-0.4, -0.2) is 36.5 Å². The zero-order valence-corrected chi connectivity index (χ0v) is 15.6. The number of carbonyl (C=O) groups is 2. The molecule has 0 bridgehead atoms. The number of benzene rings is 1. The molecule has 1 fully saturated rings. The molecule has 0 atom stereocenters. The van der Waals surface area contributed by atoms with E-state index in [4.69, 9.17) is 4.74 Å². The zero-order valence-electron chi connectivity index (χ0n) is 15.6. The second-order valence-electron chi connectivity index (χ2n) is 7.18. The van der Waals surface area contributed by atoms with Gasteiger partial charge in [0.05, 0.1) is 6.54 Å². The van der Waals surface area contributed by atoms with Crippen molar-refractivity contribution in [1.82, 2.24) is 10.2 Å². The fourth-order valence-electron chi connectivity index (χ4n) is 3.79. The minimum atomic E-state index is -0.229. The van der Waals surface area contributed by atoms with E-state index in [9.17, 15) is 9.59 Å². The van der Waals surface area contributed by atoms with Crippen molar-refractivity contribution < 1.29 is 14.3 Å². The van der Waals surface area contributed by atoms with Crippen LogP contribution < -0.4 is 15.4 Å². The summed E-state index contributed by atoms with van der Waals surface area (Å²) in [6, 6.07) is 5.36. The normalized spacial score (nSPS) is 17.7. The molecule has 1 aliphatic carbocycles. The molecule has 1 aromatic carbocycles. The number of nitrogens with one attached hydrogen (secondary N) is 2. The van der Waals surface area contributed by atoms with Gasteiger partial charge in [0, 0.05) is 30.8 Å². The SMILES string of the molecule is CCNC(=O)Nc1ccc2c(c1)CN(C(=O)CC1CCCCC1)CCO2. The Bertz CT molecular complexity index is 641. The van der Waals surface area contributed by atoms with Crippen LogP contribution >= 0.6 is 0 Å². The molecule has 0 spiro atoms. The minimum Gasteiger partial charge on any atom is -0.491 e. The molecule has 0 unspecified atom stereocenters. The van der Waals surface area contributed by atoms with Gasteiger partial charge < -0.3 is 20.3 Å². The van der Waals surface area contributed by atoms with E-state index in [1.54, 1.807) is 0 Å². The van der Waals surface area contributed by atoms with Crippen LogP contribution in [0.5, 0.6) is 5.75 Å². The third kappa shape index (κ3) is 4.90. The van der Waals surface area contributed by atoms with E-state index < -0.39 is 0 Å². The van der Waals surface area contributed by atoms with Crippen molar-refractivity contribution in [3.05, 3.63) is 23.8 Å². The first kappa shape index (κ1) is 18.5. The Morgan fingerprint density at radius 2 is 2.04 bits per heavy atom. The Morgan fingerprint density at radius 3 is 2.81 bits per heavy atom. The molecule has 3 amide bonds. The van der Waals surface area contributed by atoms with Crippen LogP contribution in [-0.2, 0) is 11.3 Å². The van der Waals surface area contributed by atoms with Crippen molar-refractivity contribution in [1.29, 1.82) is 0 Å². The van der Waals surface area contributed by atoms with Crippen LogP contribution in [0.2, 0.25) is 0 Å². The summed E-state index contributed by atoms with van der Waals surface area (Å²) >= 11 is 0. The van der Waals surface area contributed by atoms with E-state index in [1.807, 2.05) is 30.0 Å². The van der Waals surface area contributed by atoms with Crippen molar-refractivity contribution in [2.75, 3.05) is 25.0 Å². The predicted molar refractivity (Wildman–Crippen MR) is 101 cm³/mol. The Balaban J connectivity index is 1.65. The Kier molecular flexibility index (Phi) is 6.36. The van der Waals surface area contributed by atoms with Crippen LogP contribution in [0, 0.1) is 5.92 Å². The molecule has 0 radical (unpaired) electrons. The van der Waals surface area contributed by atoms with Crippen LogP contribution in [0.4, 0.5) is 10.5 Å². The summed E-state index contributed by atoms with van der Waals surface area (Å²) in [4.78, 5) is 26.4. The van der Waals surface area contributed by atoms with Gasteiger partial charge in [0.2, 0.25) is 5.91 Å². The number of hydrogen-bond donors (Lipinski definition) is 2. The van der Waals surface area contributed by atoms with E-state index in [1.165, 1.54) is 32.1 Å². The number of carbonyl (C=O) groups excluding carboxylic acids is 2. The first-order valence-electron chi connectivity index (χ1n) is 9.74. The Morgan fingerprint density at radius 1 is 1.23 bits per heavy atom. The third-order valence-corrected chi connectivity index (χ3v) is 5.18. The molecule has 2 N–H and O–H groups in total. The lowest BCUT2D eigenvalue weighted by molar-refractivity contribution is -0.133. The summed E-state index contributed by atoms with van der Waals surface area (Å²) in [7, 11) is 0. The van der Waals surface area contributed by atoms with Crippen LogP contribution in [0.15, 0.2) is 18.2 Å². The number of amides is 3. The van der Waals surface area contributed by atoms with Gasteiger partial charge in [-0.2, -0.15) is 0 Å². The first-order chi connectivity index (χ1) is 12.7. The molecule has 6 nitrogen and oxygen atoms in total. The topological polar surface area (TPSA) is 70.7 Å². The van der Waals surface area contributed by atoms with Crippen molar-refractivity contribution in [3.63, 3.8) is 0 Å². The standard InChI is InChI=1S/C20H29N3O3/c1-2-21-20(25)22-17-8-9-18-16(13-17)14-23(10-11-26-18)19(24)12-15-6-4-3-5-7-15/h8-9,13,15H,2-7,10-12,14H2,1H3,(H2,21,22,25). The van der Waals surface area contributed by atoms with Gasteiger partial charge in [-0.15, -0.1) is 0 Å². The molecular weight excluding hydrogens is 330 g/mol. The lowest BCUT2D eigenvalue weighted by Gasteiger charge is -2.25. The summed E-state index contributed by atoms with van der Waals surface area (Å²) in [6.45, 7) is 4.10. The largest absolute Gasteiger partial charge is 0.491 e. The third-order valence-electron chi connectivity index (χ3n) is 5.18. The van der Waals surface area contributed by atoms with Crippen molar-refractivity contribution in [2.45, 2.75) is 52.0 Å². The van der Waals surface area contributed by atoms with Crippen molar-refractivity contribution >= 4 is 17.6 Å². The maximum absolute atomic E-state index is 12.8. The number of fused-ring (bicyclic) bond motifs is 1. The first-order valence-corrected chi connectivity index (χ1v) is 9.74. The van der Waals surface area contributed by atoms with Crippen molar-refractivity contribution in [2.24, 2.45) is 5.92 Å². The predicted octanol–water partition coefficient (Wildman–Crippen LogP) is 3.52. The van der Waals surface area contributed by atoms with E-state index in [-0.39, 0.29) is 11.9 Å². The Hall–Kier alpha value is -2.24. The molecule has 1 heterocycles. The minimum absolute atomic E-state index is 0.218. The van der Waals surface area contributed by atoms with E-state index in [2.05, 4.69) is 10.6 Å². The van der Waals surface area contributed by atoms with Gasteiger partial charge in [0.15, 0.2) is 0 Å². The molecule has 1 saturated carbocycles. The quantitative estimate of drug-likeness (QED) is 0.864. The van der Waals surface area contributed by atoms with E-state index in [0.717, 1.165) is 11.3 Å². The Labute approximate surface area is 155 Å². The summed E-state index contributed by atoms with van der Waals surface area (Å²) in [5.41, 5.74) is 1.65. The number of hydrogen-bond acceptors (Lipinski definition) is 3. The molecule has 26 heavy (non-hydrogen) atoms. The van der Waals surface area contributed by atoms with E-state index >= 15 is 0 Å². The average molecular weight is 359 g/mol. The monoisotopic (exact) mass is 359 g/mol. The molecule has 1 aliphatic heterocycles. The maximum Gasteiger partial charge on any atom is 0.319 e. The number of rotatable bonds is 4. The van der Waals surface area contributed by atoms with Gasteiger partial charge in [0.1, 0.15) is 12.4 Å². The zero-order chi connectivity index (χ0) is 18.4. The maximum atomic E-state index is 12.8. The van der Waals surface area contributed by atoms with Gasteiger partial charge in [0.25, 0.3) is 0 Å². The summed E-state index contributed by atoms with van der Waals surface area (Å²) in [6.07, 6.45) is 6.79. The molecule has 142 valence electrons. The smallest absolute Gasteiger partial charge is 0.319 e. The van der Waals surface area contributed by atoms with Crippen LogP contribution in [0.1, 0.15) is 51.0 Å². The highest BCUT2D eigenvalue weighted by Crippen LogP contribution is 2.29. The number of nitrogens with zero attached hydrogens (tertiary/aromatic N) is 1. The van der Waals surface area contributed by atoms with Gasteiger partial charge in [-0.25, -0.2) is 4.79 Å². The molecule has 0 saturated heterocycles. The summed E-state index contributed by atoms with van der Waals surface area (Å²) in [5, 5.41) is 5.53. The van der Waals surface area contributed by atoms with Crippen molar-refractivity contribution in [3.8, 4) is 5.75 Å². The number of anilines is 1. The fourth-order valence-corrected chi connectivity index (χ4v) is 3.79. The summed E-state index contributed by atoms with van der Waals surface area (Å²) < 4.78 is 5.80. The van der Waals surface area contributed by atoms with Gasteiger partial charge in [-0.1, -0.05) is 19.3 Å². The molecule has 0 aromatic heterocycles. The lowest BCUT2D eigenvalue weighted by atomic mass is 9.86. The second-order valence-corrected chi connectivity index (χ2v) is 7.18. The summed E-state index contributed by atoms with van der Waals surface area (Å²) in [5.74, 6) is 1.54. The molecule has 6 heteroatoms. The number of urea groups is 1. The van der Waals surface area contributed by atoms with Gasteiger partial charge >= 0.3 is 6.03 Å². The highest BCUT2D eigenvalue weighted by molar-refractivity contribution is 5.89. The number of ether oxygens (including phenoxy) is 1. The molecular formula is C20H29N3O3. The highest BCUT2D eigenvalue weighted by Gasteiger charge is 2.24. The average Bonchev–Trinajstić information content (AvgIpc) is 2.85. The van der Waals surface area contributed by atoms with Gasteiger partial charge in [-0.05, 0) is 43.9 Å².